The van der Waals surface area contributed by atoms with Gasteiger partial charge in [0.05, 0.1) is 0 Å². The summed E-state index contributed by atoms with van der Waals surface area (Å²) < 4.78 is 7.78. The highest BCUT2D eigenvalue weighted by Gasteiger charge is 2.21. The molecule has 1 aromatic heterocycles. The smallest absolute Gasteiger partial charge is 0.258 e. The topological polar surface area (TPSA) is 56.2 Å². The lowest BCUT2D eigenvalue weighted by Crippen LogP contribution is -2.34. The molecule has 156 valence electrons. The van der Waals surface area contributed by atoms with Gasteiger partial charge >= 0.3 is 0 Å². The van der Waals surface area contributed by atoms with Crippen molar-refractivity contribution >= 4 is 17.5 Å². The fourth-order valence-corrected chi connectivity index (χ4v) is 3.53. The molecule has 0 spiro atoms. The number of hydrogen-bond donors (Lipinski definition) is 1. The monoisotopic (exact) mass is 431 g/mol. The summed E-state index contributed by atoms with van der Waals surface area (Å²) in [5.41, 5.74) is 2.86. The van der Waals surface area contributed by atoms with E-state index in [9.17, 15) is 4.79 Å². The number of carbonyl (C=O) groups is 1. The number of imidazole rings is 1. The lowest BCUT2D eigenvalue weighted by Gasteiger charge is -2.20. The summed E-state index contributed by atoms with van der Waals surface area (Å²) in [7, 11) is 1.89. The Labute approximate surface area is 186 Å². The average Bonchev–Trinajstić information content (AvgIpc) is 3.23. The first-order valence-electron chi connectivity index (χ1n) is 9.91. The number of carbonyl (C=O) groups excluding carboxylic acids is 1. The summed E-state index contributed by atoms with van der Waals surface area (Å²) in [4.78, 5) is 17.2. The lowest BCUT2D eigenvalue weighted by atomic mass is 10.1. The van der Waals surface area contributed by atoms with E-state index in [4.69, 9.17) is 16.3 Å². The third kappa shape index (κ3) is 4.95. The third-order valence-corrected chi connectivity index (χ3v) is 5.21. The van der Waals surface area contributed by atoms with Crippen molar-refractivity contribution < 1.29 is 9.53 Å². The molecule has 1 amide bonds. The SMILES string of the molecule is Cn1ccnc1C(NC(=O)COc1ccccc1-c1ccccc1)c1ccc(Cl)cc1. The van der Waals surface area contributed by atoms with Crippen molar-refractivity contribution in [1.29, 1.82) is 0 Å². The fourth-order valence-electron chi connectivity index (χ4n) is 3.40. The van der Waals surface area contributed by atoms with Gasteiger partial charge in [0.1, 0.15) is 17.6 Å². The van der Waals surface area contributed by atoms with Crippen LogP contribution in [0.1, 0.15) is 17.4 Å². The van der Waals surface area contributed by atoms with Gasteiger partial charge in [-0.25, -0.2) is 4.98 Å². The Hall–Kier alpha value is -3.57. The molecular weight excluding hydrogens is 410 g/mol. The van der Waals surface area contributed by atoms with Crippen molar-refractivity contribution in [2.75, 3.05) is 6.61 Å². The Kier molecular flexibility index (Phi) is 6.34. The van der Waals surface area contributed by atoms with Crippen LogP contribution in [0.3, 0.4) is 0 Å². The van der Waals surface area contributed by atoms with E-state index in [2.05, 4.69) is 10.3 Å². The number of halogens is 1. The summed E-state index contributed by atoms with van der Waals surface area (Å²) in [6.07, 6.45) is 3.55. The number of nitrogens with one attached hydrogen (secondary N) is 1. The van der Waals surface area contributed by atoms with Gasteiger partial charge in [0.25, 0.3) is 5.91 Å². The number of nitrogens with zero attached hydrogens (tertiary/aromatic N) is 2. The van der Waals surface area contributed by atoms with Gasteiger partial charge in [-0.1, -0.05) is 72.3 Å². The first-order valence-corrected chi connectivity index (χ1v) is 10.3. The summed E-state index contributed by atoms with van der Waals surface area (Å²) in [6.45, 7) is -0.113. The molecule has 0 fully saturated rings. The minimum Gasteiger partial charge on any atom is -0.483 e. The molecule has 0 aliphatic rings. The van der Waals surface area contributed by atoms with Crippen molar-refractivity contribution in [2.45, 2.75) is 6.04 Å². The average molecular weight is 432 g/mol. The highest BCUT2D eigenvalue weighted by atomic mass is 35.5. The van der Waals surface area contributed by atoms with E-state index >= 15 is 0 Å². The first kappa shape index (κ1) is 20.7. The minimum absolute atomic E-state index is 0.113. The van der Waals surface area contributed by atoms with Crippen molar-refractivity contribution in [2.24, 2.45) is 7.05 Å². The van der Waals surface area contributed by atoms with Crippen LogP contribution in [-0.4, -0.2) is 22.1 Å². The minimum atomic E-state index is -0.419. The van der Waals surface area contributed by atoms with E-state index in [1.165, 1.54) is 0 Å². The van der Waals surface area contributed by atoms with Gasteiger partial charge in [-0.15, -0.1) is 0 Å². The Morgan fingerprint density at radius 3 is 2.45 bits per heavy atom. The number of benzene rings is 3. The molecule has 1 atom stereocenters. The van der Waals surface area contributed by atoms with Gasteiger partial charge in [0, 0.05) is 30.0 Å². The molecule has 31 heavy (non-hydrogen) atoms. The number of ether oxygens (including phenoxy) is 1. The van der Waals surface area contributed by atoms with E-state index in [1.807, 2.05) is 84.5 Å². The zero-order valence-corrected chi connectivity index (χ0v) is 17.8. The second-order valence-electron chi connectivity index (χ2n) is 7.10. The van der Waals surface area contributed by atoms with Crippen LogP contribution in [0.25, 0.3) is 11.1 Å². The van der Waals surface area contributed by atoms with Crippen LogP contribution in [0.15, 0.2) is 91.3 Å². The molecule has 0 saturated heterocycles. The van der Waals surface area contributed by atoms with Gasteiger partial charge in [-0.05, 0) is 29.3 Å². The standard InChI is InChI=1S/C25H22ClN3O2/c1-29-16-15-27-25(29)24(19-11-13-20(26)14-12-19)28-23(30)17-31-22-10-6-5-9-21(22)18-7-3-2-4-8-18/h2-16,24H,17H2,1H3,(H,28,30). The summed E-state index contributed by atoms with van der Waals surface area (Å²) in [5, 5.41) is 3.67. The van der Waals surface area contributed by atoms with Crippen molar-refractivity contribution in [1.82, 2.24) is 14.9 Å². The van der Waals surface area contributed by atoms with Crippen LogP contribution >= 0.6 is 11.6 Å². The Morgan fingerprint density at radius 1 is 1.03 bits per heavy atom. The van der Waals surface area contributed by atoms with Gasteiger partial charge in [0.15, 0.2) is 6.61 Å². The van der Waals surface area contributed by atoms with E-state index in [0.717, 1.165) is 22.5 Å². The largest absolute Gasteiger partial charge is 0.483 e. The predicted molar refractivity (Wildman–Crippen MR) is 122 cm³/mol. The van der Waals surface area contributed by atoms with E-state index in [1.54, 1.807) is 18.3 Å². The van der Waals surface area contributed by atoms with Crippen LogP contribution in [-0.2, 0) is 11.8 Å². The number of para-hydroxylation sites is 1. The number of aryl methyl sites for hydroxylation is 1. The zero-order valence-electron chi connectivity index (χ0n) is 17.0. The molecule has 4 aromatic rings. The van der Waals surface area contributed by atoms with Gasteiger partial charge in [-0.2, -0.15) is 0 Å². The number of amides is 1. The summed E-state index contributed by atoms with van der Waals surface area (Å²) >= 11 is 6.03. The predicted octanol–water partition coefficient (Wildman–Crippen LogP) is 5.03. The molecule has 5 nitrogen and oxygen atoms in total. The second-order valence-corrected chi connectivity index (χ2v) is 7.54. The quantitative estimate of drug-likeness (QED) is 0.446. The molecule has 0 aliphatic carbocycles. The maximum absolute atomic E-state index is 12.8. The Morgan fingerprint density at radius 2 is 1.74 bits per heavy atom. The molecule has 4 rings (SSSR count). The third-order valence-electron chi connectivity index (χ3n) is 4.96. The number of aromatic nitrogens is 2. The molecule has 0 bridgehead atoms. The Bertz CT molecular complexity index is 1160. The number of hydrogen-bond acceptors (Lipinski definition) is 3. The lowest BCUT2D eigenvalue weighted by molar-refractivity contribution is -0.123. The zero-order chi connectivity index (χ0) is 21.6. The van der Waals surface area contributed by atoms with Crippen molar-refractivity contribution in [3.05, 3.63) is 108 Å². The van der Waals surface area contributed by atoms with Gasteiger partial charge in [-0.3, -0.25) is 4.79 Å². The molecule has 6 heteroatoms. The molecular formula is C25H22ClN3O2. The number of rotatable bonds is 7. The second kappa shape index (κ2) is 9.49. The van der Waals surface area contributed by atoms with Crippen LogP contribution in [0, 0.1) is 0 Å². The molecule has 3 aromatic carbocycles. The van der Waals surface area contributed by atoms with Crippen LogP contribution < -0.4 is 10.1 Å². The van der Waals surface area contributed by atoms with E-state index in [-0.39, 0.29) is 12.5 Å². The first-order chi connectivity index (χ1) is 15.1. The van der Waals surface area contributed by atoms with Gasteiger partial charge < -0.3 is 14.6 Å². The van der Waals surface area contributed by atoms with Crippen molar-refractivity contribution in [3.8, 4) is 16.9 Å². The summed E-state index contributed by atoms with van der Waals surface area (Å²) in [5.74, 6) is 1.13. The fraction of sp³-hybridized carbons (Fsp3) is 0.120. The Balaban J connectivity index is 1.51. The molecule has 1 heterocycles. The van der Waals surface area contributed by atoms with E-state index in [0.29, 0.717) is 10.8 Å². The maximum Gasteiger partial charge on any atom is 0.258 e. The van der Waals surface area contributed by atoms with Crippen LogP contribution in [0.5, 0.6) is 5.75 Å². The van der Waals surface area contributed by atoms with Crippen LogP contribution in [0.4, 0.5) is 0 Å². The molecule has 0 radical (unpaired) electrons. The normalized spacial score (nSPS) is 11.7. The van der Waals surface area contributed by atoms with E-state index < -0.39 is 6.04 Å². The highest BCUT2D eigenvalue weighted by Crippen LogP contribution is 2.29. The van der Waals surface area contributed by atoms with Crippen molar-refractivity contribution in [3.63, 3.8) is 0 Å². The molecule has 0 aliphatic heterocycles. The highest BCUT2D eigenvalue weighted by molar-refractivity contribution is 6.30. The maximum atomic E-state index is 12.8. The summed E-state index contributed by atoms with van der Waals surface area (Å²) in [6, 6.07) is 24.6. The van der Waals surface area contributed by atoms with Crippen LogP contribution in [0.2, 0.25) is 5.02 Å². The van der Waals surface area contributed by atoms with Gasteiger partial charge in [0.2, 0.25) is 0 Å². The molecule has 0 saturated carbocycles. The molecule has 1 unspecified atom stereocenters. The molecule has 1 N–H and O–H groups in total.